The van der Waals surface area contributed by atoms with Crippen LogP contribution in [0.1, 0.15) is 30.4 Å². The molecule has 1 aliphatic rings. The number of nitrogens with zero attached hydrogens (tertiary/aromatic N) is 3. The Morgan fingerprint density at radius 1 is 1.26 bits per heavy atom. The molecule has 23 heavy (non-hydrogen) atoms. The molecule has 1 aromatic carbocycles. The number of hydrogen-bond donors (Lipinski definition) is 1. The number of aryl methyl sites for hydroxylation is 1. The lowest BCUT2D eigenvalue weighted by Gasteiger charge is -2.24. The summed E-state index contributed by atoms with van der Waals surface area (Å²) >= 11 is 0. The molecule has 1 N–H and O–H groups in total. The van der Waals surface area contributed by atoms with Gasteiger partial charge in [0.2, 0.25) is 0 Å². The van der Waals surface area contributed by atoms with Crippen LogP contribution in [0.2, 0.25) is 0 Å². The molecule has 0 saturated carbocycles. The van der Waals surface area contributed by atoms with E-state index in [9.17, 15) is 4.79 Å². The third-order valence-corrected chi connectivity index (χ3v) is 4.70. The molecule has 0 spiro atoms. The van der Waals surface area contributed by atoms with Gasteiger partial charge in [-0.1, -0.05) is 12.1 Å². The number of benzene rings is 1. The summed E-state index contributed by atoms with van der Waals surface area (Å²) in [7, 11) is 2.09. The van der Waals surface area contributed by atoms with Gasteiger partial charge in [0, 0.05) is 18.9 Å². The summed E-state index contributed by atoms with van der Waals surface area (Å²) in [5, 5.41) is 0.650. The number of aromatic amines is 1. The van der Waals surface area contributed by atoms with E-state index < -0.39 is 0 Å². The van der Waals surface area contributed by atoms with Crippen LogP contribution in [-0.2, 0) is 13.6 Å². The zero-order valence-electron chi connectivity index (χ0n) is 13.2. The molecule has 3 heterocycles. The van der Waals surface area contributed by atoms with Gasteiger partial charge in [-0.25, -0.2) is 4.98 Å². The van der Waals surface area contributed by atoms with Crippen LogP contribution in [0.3, 0.4) is 0 Å². The lowest BCUT2D eigenvalue weighted by molar-refractivity contribution is 0.235. The highest BCUT2D eigenvalue weighted by Gasteiger charge is 2.28. The number of hydrogen-bond acceptors (Lipinski definition) is 3. The van der Waals surface area contributed by atoms with Crippen molar-refractivity contribution in [3.8, 4) is 0 Å². The molecule has 0 bridgehead atoms. The summed E-state index contributed by atoms with van der Waals surface area (Å²) in [5.74, 6) is 0.745. The van der Waals surface area contributed by atoms with E-state index in [-0.39, 0.29) is 5.56 Å². The largest absolute Gasteiger partial charge is 0.353 e. The van der Waals surface area contributed by atoms with Crippen LogP contribution < -0.4 is 5.56 Å². The van der Waals surface area contributed by atoms with Crippen molar-refractivity contribution in [1.29, 1.82) is 0 Å². The molecule has 0 aliphatic carbocycles. The number of fused-ring (bicyclic) bond motifs is 1. The van der Waals surface area contributed by atoms with Gasteiger partial charge in [-0.15, -0.1) is 0 Å². The second-order valence-corrected chi connectivity index (χ2v) is 6.20. The van der Waals surface area contributed by atoms with Crippen LogP contribution in [0.15, 0.2) is 47.4 Å². The first kappa shape index (κ1) is 14.2. The minimum absolute atomic E-state index is 0.0554. The SMILES string of the molecule is Cn1cccc1[C@@H]1CCCN1Cc1nc2ccccc2c(=O)[nH]1. The fourth-order valence-corrected chi connectivity index (χ4v) is 3.57. The zero-order valence-corrected chi connectivity index (χ0v) is 13.2. The van der Waals surface area contributed by atoms with Gasteiger partial charge in [0.1, 0.15) is 5.82 Å². The molecule has 118 valence electrons. The molecular formula is C18H20N4O. The highest BCUT2D eigenvalue weighted by Crippen LogP contribution is 2.32. The highest BCUT2D eigenvalue weighted by molar-refractivity contribution is 5.77. The van der Waals surface area contributed by atoms with Gasteiger partial charge in [-0.3, -0.25) is 9.69 Å². The summed E-state index contributed by atoms with van der Waals surface area (Å²) in [4.78, 5) is 22.2. The summed E-state index contributed by atoms with van der Waals surface area (Å²) < 4.78 is 2.18. The maximum absolute atomic E-state index is 12.2. The number of H-pyrrole nitrogens is 1. The number of likely N-dealkylation sites (tertiary alicyclic amines) is 1. The molecular weight excluding hydrogens is 288 g/mol. The standard InChI is InChI=1S/C18H20N4O/c1-21-10-4-8-15(21)16-9-5-11-22(16)12-17-19-14-7-3-2-6-13(14)18(23)20-17/h2-4,6-8,10,16H,5,9,11-12H2,1H3,(H,19,20,23)/t16-/m0/s1. The molecule has 1 atom stereocenters. The monoisotopic (exact) mass is 308 g/mol. The van der Waals surface area contributed by atoms with Gasteiger partial charge < -0.3 is 9.55 Å². The fraction of sp³-hybridized carbons (Fsp3) is 0.333. The van der Waals surface area contributed by atoms with E-state index in [1.807, 2.05) is 24.3 Å². The van der Waals surface area contributed by atoms with Crippen molar-refractivity contribution in [2.24, 2.45) is 7.05 Å². The molecule has 0 amide bonds. The number of aromatic nitrogens is 3. The van der Waals surface area contributed by atoms with E-state index in [1.165, 1.54) is 12.1 Å². The van der Waals surface area contributed by atoms with Crippen LogP contribution in [0.25, 0.3) is 10.9 Å². The van der Waals surface area contributed by atoms with Crippen LogP contribution in [0.4, 0.5) is 0 Å². The predicted octanol–water partition coefficient (Wildman–Crippen LogP) is 2.60. The Balaban J connectivity index is 1.65. The maximum Gasteiger partial charge on any atom is 0.258 e. The van der Waals surface area contributed by atoms with E-state index in [1.54, 1.807) is 0 Å². The molecule has 4 rings (SSSR count). The maximum atomic E-state index is 12.2. The molecule has 1 fully saturated rings. The summed E-state index contributed by atoms with van der Waals surface area (Å²) in [6, 6.07) is 12.2. The summed E-state index contributed by atoms with van der Waals surface area (Å²) in [5.41, 5.74) is 2.03. The van der Waals surface area contributed by atoms with E-state index >= 15 is 0 Å². The molecule has 1 saturated heterocycles. The number of rotatable bonds is 3. The Morgan fingerprint density at radius 3 is 2.96 bits per heavy atom. The lowest BCUT2D eigenvalue weighted by atomic mass is 10.1. The Hall–Kier alpha value is -2.40. The second-order valence-electron chi connectivity index (χ2n) is 6.20. The van der Waals surface area contributed by atoms with E-state index in [4.69, 9.17) is 0 Å². The summed E-state index contributed by atoms with van der Waals surface area (Å²) in [6.45, 7) is 1.71. The van der Waals surface area contributed by atoms with Gasteiger partial charge in [0.25, 0.3) is 5.56 Å². The average Bonchev–Trinajstić information content (AvgIpc) is 3.16. The molecule has 5 heteroatoms. The molecule has 0 unspecified atom stereocenters. The minimum Gasteiger partial charge on any atom is -0.353 e. The molecule has 1 aliphatic heterocycles. The number of para-hydroxylation sites is 1. The van der Waals surface area contributed by atoms with E-state index in [0.717, 1.165) is 24.3 Å². The molecule has 0 radical (unpaired) electrons. The van der Waals surface area contributed by atoms with Crippen molar-refractivity contribution in [1.82, 2.24) is 19.4 Å². The second kappa shape index (κ2) is 5.66. The van der Waals surface area contributed by atoms with Crippen molar-refractivity contribution in [3.05, 3.63) is 64.5 Å². The van der Waals surface area contributed by atoms with Crippen molar-refractivity contribution < 1.29 is 0 Å². The van der Waals surface area contributed by atoms with Crippen molar-refractivity contribution >= 4 is 10.9 Å². The van der Waals surface area contributed by atoms with Gasteiger partial charge in [-0.2, -0.15) is 0 Å². The van der Waals surface area contributed by atoms with Gasteiger partial charge in [0.15, 0.2) is 0 Å². The van der Waals surface area contributed by atoms with Gasteiger partial charge >= 0.3 is 0 Å². The first-order valence-electron chi connectivity index (χ1n) is 8.05. The Kier molecular flexibility index (Phi) is 3.50. The van der Waals surface area contributed by atoms with Crippen LogP contribution in [-0.4, -0.2) is 26.0 Å². The van der Waals surface area contributed by atoms with Gasteiger partial charge in [-0.05, 0) is 43.7 Å². The fourth-order valence-electron chi connectivity index (χ4n) is 3.57. The third-order valence-electron chi connectivity index (χ3n) is 4.70. The highest BCUT2D eigenvalue weighted by atomic mass is 16.1. The van der Waals surface area contributed by atoms with Crippen LogP contribution in [0.5, 0.6) is 0 Å². The third kappa shape index (κ3) is 2.57. The van der Waals surface area contributed by atoms with Crippen molar-refractivity contribution in [3.63, 3.8) is 0 Å². The van der Waals surface area contributed by atoms with E-state index in [0.29, 0.717) is 18.0 Å². The zero-order chi connectivity index (χ0) is 15.8. The Bertz CT molecular complexity index is 895. The first-order chi connectivity index (χ1) is 11.2. The molecule has 2 aromatic heterocycles. The quantitative estimate of drug-likeness (QED) is 0.809. The first-order valence-corrected chi connectivity index (χ1v) is 8.05. The molecule has 5 nitrogen and oxygen atoms in total. The summed E-state index contributed by atoms with van der Waals surface area (Å²) in [6.07, 6.45) is 4.41. The Labute approximate surface area is 134 Å². The van der Waals surface area contributed by atoms with Crippen molar-refractivity contribution in [2.45, 2.75) is 25.4 Å². The van der Waals surface area contributed by atoms with Crippen LogP contribution in [0, 0.1) is 0 Å². The predicted molar refractivity (Wildman–Crippen MR) is 90.2 cm³/mol. The normalized spacial score (nSPS) is 18.7. The van der Waals surface area contributed by atoms with Crippen molar-refractivity contribution in [2.75, 3.05) is 6.54 Å². The smallest absolute Gasteiger partial charge is 0.258 e. The average molecular weight is 308 g/mol. The van der Waals surface area contributed by atoms with E-state index in [2.05, 4.69) is 44.8 Å². The van der Waals surface area contributed by atoms with Crippen LogP contribution >= 0.6 is 0 Å². The minimum atomic E-state index is -0.0554. The number of nitrogens with one attached hydrogen (secondary N) is 1. The Morgan fingerprint density at radius 2 is 2.13 bits per heavy atom. The lowest BCUT2D eigenvalue weighted by Crippen LogP contribution is -2.26. The van der Waals surface area contributed by atoms with Gasteiger partial charge in [0.05, 0.1) is 23.5 Å². The molecule has 3 aromatic rings. The topological polar surface area (TPSA) is 53.9 Å².